The fourth-order valence-corrected chi connectivity index (χ4v) is 4.21. The maximum absolute atomic E-state index is 12.6. The van der Waals surface area contributed by atoms with Crippen molar-refractivity contribution in [3.63, 3.8) is 0 Å². The van der Waals surface area contributed by atoms with Crippen LogP contribution in [0.25, 0.3) is 27.3 Å². The Hall–Kier alpha value is -3.65. The number of nitrogens with zero attached hydrogens (tertiary/aromatic N) is 3. The molecule has 0 aliphatic rings. The lowest BCUT2D eigenvalue weighted by Gasteiger charge is -2.03. The molecule has 2 N–H and O–H groups in total. The number of nitrogens with one attached hydrogen (secondary N) is 2. The largest absolute Gasteiger partial charge is 0.494 e. The minimum atomic E-state index is -0.134. The van der Waals surface area contributed by atoms with Crippen LogP contribution in [0.2, 0.25) is 0 Å². The molecule has 0 radical (unpaired) electrons. The van der Waals surface area contributed by atoms with Crippen LogP contribution in [0.3, 0.4) is 0 Å². The van der Waals surface area contributed by atoms with E-state index >= 15 is 0 Å². The zero-order valence-electron chi connectivity index (χ0n) is 16.3. The highest BCUT2D eigenvalue weighted by atomic mass is 32.1. The number of fused-ring (bicyclic) bond motifs is 2. The van der Waals surface area contributed by atoms with Crippen LogP contribution in [0, 0.1) is 0 Å². The van der Waals surface area contributed by atoms with Gasteiger partial charge in [-0.1, -0.05) is 12.1 Å². The number of carbonyl (C=O) groups excluding carboxylic acids is 1. The Kier molecular flexibility index (Phi) is 4.68. The van der Waals surface area contributed by atoms with Crippen LogP contribution in [0.5, 0.6) is 5.75 Å². The Labute approximate surface area is 176 Å². The van der Waals surface area contributed by atoms with Gasteiger partial charge in [0, 0.05) is 22.8 Å². The zero-order valence-corrected chi connectivity index (χ0v) is 17.1. The van der Waals surface area contributed by atoms with Gasteiger partial charge in [0.05, 0.1) is 29.8 Å². The van der Waals surface area contributed by atoms with Crippen molar-refractivity contribution < 1.29 is 9.53 Å². The van der Waals surface area contributed by atoms with Crippen LogP contribution >= 0.6 is 11.3 Å². The van der Waals surface area contributed by atoms with Crippen LogP contribution in [0.1, 0.15) is 12.6 Å². The van der Waals surface area contributed by atoms with E-state index in [-0.39, 0.29) is 12.3 Å². The molecular formula is C22H19N5O2S. The number of aromatic nitrogens is 4. The van der Waals surface area contributed by atoms with E-state index in [9.17, 15) is 4.79 Å². The van der Waals surface area contributed by atoms with Gasteiger partial charge in [0.25, 0.3) is 0 Å². The van der Waals surface area contributed by atoms with E-state index in [4.69, 9.17) is 4.74 Å². The fourth-order valence-electron chi connectivity index (χ4n) is 3.34. The number of para-hydroxylation sites is 2. The number of benzene rings is 2. The van der Waals surface area contributed by atoms with E-state index in [1.54, 1.807) is 0 Å². The average Bonchev–Trinajstić information content (AvgIpc) is 3.43. The van der Waals surface area contributed by atoms with Gasteiger partial charge in [0.15, 0.2) is 4.96 Å². The van der Waals surface area contributed by atoms with Crippen molar-refractivity contribution in [2.75, 3.05) is 11.9 Å². The molecule has 0 aliphatic heterocycles. The van der Waals surface area contributed by atoms with Crippen LogP contribution in [0.15, 0.2) is 60.1 Å². The lowest BCUT2D eigenvalue weighted by atomic mass is 10.1. The van der Waals surface area contributed by atoms with Crippen LogP contribution in [0.4, 0.5) is 5.95 Å². The van der Waals surface area contributed by atoms with Crippen molar-refractivity contribution in [2.24, 2.45) is 0 Å². The first kappa shape index (κ1) is 18.4. The molecule has 0 fully saturated rings. The van der Waals surface area contributed by atoms with Crippen LogP contribution in [-0.2, 0) is 11.2 Å². The van der Waals surface area contributed by atoms with E-state index in [0.29, 0.717) is 12.6 Å². The molecule has 0 unspecified atom stereocenters. The van der Waals surface area contributed by atoms with Gasteiger partial charge in [-0.2, -0.15) is 0 Å². The maximum atomic E-state index is 12.6. The van der Waals surface area contributed by atoms with Gasteiger partial charge < -0.3 is 9.72 Å². The topological polar surface area (TPSA) is 84.3 Å². The molecule has 0 aliphatic carbocycles. The molecule has 3 heterocycles. The fraction of sp³-hybridized carbons (Fsp3) is 0.136. The SMILES string of the molecule is CCOc1ccc(-c2cn3c(CC(=O)Nc4nc5ccccc5[nH]4)csc3n2)cc1. The van der Waals surface area contributed by atoms with Crippen molar-refractivity contribution >= 4 is 39.2 Å². The zero-order chi connectivity index (χ0) is 20.5. The third-order valence-corrected chi connectivity index (χ3v) is 5.62. The normalized spacial score (nSPS) is 11.2. The molecule has 5 aromatic rings. The number of hydrogen-bond donors (Lipinski definition) is 2. The Morgan fingerprint density at radius 2 is 2.00 bits per heavy atom. The maximum Gasteiger partial charge on any atom is 0.232 e. The first-order valence-electron chi connectivity index (χ1n) is 9.63. The minimum Gasteiger partial charge on any atom is -0.494 e. The van der Waals surface area contributed by atoms with E-state index in [1.165, 1.54) is 11.3 Å². The summed E-state index contributed by atoms with van der Waals surface area (Å²) >= 11 is 1.52. The average molecular weight is 417 g/mol. The first-order chi connectivity index (χ1) is 14.7. The molecule has 0 saturated heterocycles. The number of hydrogen-bond acceptors (Lipinski definition) is 5. The summed E-state index contributed by atoms with van der Waals surface area (Å²) in [6.07, 6.45) is 2.20. The molecule has 150 valence electrons. The van der Waals surface area contributed by atoms with Crippen molar-refractivity contribution in [2.45, 2.75) is 13.3 Å². The van der Waals surface area contributed by atoms with Crippen LogP contribution < -0.4 is 10.1 Å². The van der Waals surface area contributed by atoms with Crippen molar-refractivity contribution in [1.29, 1.82) is 0 Å². The molecule has 1 amide bonds. The van der Waals surface area contributed by atoms with Crippen molar-refractivity contribution in [1.82, 2.24) is 19.4 Å². The second-order valence-electron chi connectivity index (χ2n) is 6.79. The molecule has 0 spiro atoms. The smallest absolute Gasteiger partial charge is 0.232 e. The molecule has 5 rings (SSSR count). The number of ether oxygens (including phenoxy) is 1. The minimum absolute atomic E-state index is 0.134. The number of aromatic amines is 1. The summed E-state index contributed by atoms with van der Waals surface area (Å²) in [5.74, 6) is 1.16. The quantitative estimate of drug-likeness (QED) is 0.425. The molecule has 7 nitrogen and oxygen atoms in total. The van der Waals surface area contributed by atoms with Gasteiger partial charge in [-0.25, -0.2) is 9.97 Å². The second kappa shape index (κ2) is 7.64. The highest BCUT2D eigenvalue weighted by Gasteiger charge is 2.14. The van der Waals surface area contributed by atoms with E-state index in [2.05, 4.69) is 20.3 Å². The molecule has 0 saturated carbocycles. The molecule has 8 heteroatoms. The monoisotopic (exact) mass is 417 g/mol. The summed E-state index contributed by atoms with van der Waals surface area (Å²) in [6, 6.07) is 15.5. The third-order valence-electron chi connectivity index (χ3n) is 4.73. The number of imidazole rings is 2. The lowest BCUT2D eigenvalue weighted by molar-refractivity contribution is -0.115. The summed E-state index contributed by atoms with van der Waals surface area (Å²) in [6.45, 7) is 2.60. The van der Waals surface area contributed by atoms with Gasteiger partial charge in [-0.15, -0.1) is 11.3 Å². The summed E-state index contributed by atoms with van der Waals surface area (Å²) in [4.78, 5) is 25.6. The molecule has 2 aromatic carbocycles. The van der Waals surface area contributed by atoms with Gasteiger partial charge in [0.1, 0.15) is 5.75 Å². The van der Waals surface area contributed by atoms with Crippen molar-refractivity contribution in [3.05, 3.63) is 65.8 Å². The molecule has 30 heavy (non-hydrogen) atoms. The van der Waals surface area contributed by atoms with Gasteiger partial charge >= 0.3 is 0 Å². The summed E-state index contributed by atoms with van der Waals surface area (Å²) < 4.78 is 7.46. The standard InChI is InChI=1S/C22H19N5O2S/c1-2-29-16-9-7-14(8-10-16)19-12-27-15(13-30-22(27)25-19)11-20(28)26-21-23-17-5-3-4-6-18(17)24-21/h3-10,12-13H,2,11H2,1H3,(H2,23,24,26,28). The highest BCUT2D eigenvalue weighted by Crippen LogP contribution is 2.26. The Morgan fingerprint density at radius 3 is 2.80 bits per heavy atom. The number of thiazole rings is 1. The summed E-state index contributed by atoms with van der Waals surface area (Å²) in [7, 11) is 0. The van der Waals surface area contributed by atoms with E-state index in [0.717, 1.165) is 38.7 Å². The first-order valence-corrected chi connectivity index (χ1v) is 10.5. The molecule has 0 bridgehead atoms. The number of carbonyl (C=O) groups is 1. The van der Waals surface area contributed by atoms with E-state index in [1.807, 2.05) is 71.4 Å². The third kappa shape index (κ3) is 3.53. The van der Waals surface area contributed by atoms with Gasteiger partial charge in [-0.05, 0) is 43.3 Å². The van der Waals surface area contributed by atoms with E-state index < -0.39 is 0 Å². The molecule has 0 atom stereocenters. The van der Waals surface area contributed by atoms with Crippen LogP contribution in [-0.4, -0.2) is 31.9 Å². The Bertz CT molecular complexity index is 1300. The number of amides is 1. The predicted octanol–water partition coefficient (Wildman–Crippen LogP) is 4.52. The highest BCUT2D eigenvalue weighted by molar-refractivity contribution is 7.15. The number of H-pyrrole nitrogens is 1. The lowest BCUT2D eigenvalue weighted by Crippen LogP contribution is -2.16. The number of rotatable bonds is 6. The second-order valence-corrected chi connectivity index (χ2v) is 7.63. The number of anilines is 1. The summed E-state index contributed by atoms with van der Waals surface area (Å²) in [5.41, 5.74) is 4.46. The molecular weight excluding hydrogens is 398 g/mol. The summed E-state index contributed by atoms with van der Waals surface area (Å²) in [5, 5.41) is 4.80. The molecule has 3 aromatic heterocycles. The van der Waals surface area contributed by atoms with Gasteiger partial charge in [0.2, 0.25) is 11.9 Å². The predicted molar refractivity (Wildman–Crippen MR) is 118 cm³/mol. The Morgan fingerprint density at radius 1 is 1.17 bits per heavy atom. The van der Waals surface area contributed by atoms with Crippen molar-refractivity contribution in [3.8, 4) is 17.0 Å². The Balaban J connectivity index is 1.33. The van der Waals surface area contributed by atoms with Gasteiger partial charge in [-0.3, -0.25) is 14.5 Å².